The van der Waals surface area contributed by atoms with Crippen LogP contribution in [-0.2, 0) is 6.54 Å². The highest BCUT2D eigenvalue weighted by Gasteiger charge is 2.24. The Balaban J connectivity index is 1.96. The van der Waals surface area contributed by atoms with E-state index in [-0.39, 0.29) is 0 Å². The number of hydrogen-bond acceptors (Lipinski definition) is 3. The Morgan fingerprint density at radius 1 is 1.25 bits per heavy atom. The van der Waals surface area contributed by atoms with E-state index >= 15 is 0 Å². The minimum absolute atomic E-state index is 0.331. The SMILES string of the molecule is NCCN(Cc1ccc(O)cc1)C1CCC1. The molecule has 0 aliphatic heterocycles. The predicted octanol–water partition coefficient (Wildman–Crippen LogP) is 1.71. The highest BCUT2D eigenvalue weighted by atomic mass is 16.3. The molecule has 0 aromatic heterocycles. The van der Waals surface area contributed by atoms with Crippen molar-refractivity contribution >= 4 is 0 Å². The van der Waals surface area contributed by atoms with Gasteiger partial charge in [0.1, 0.15) is 5.75 Å². The topological polar surface area (TPSA) is 49.5 Å². The third-order valence-electron chi connectivity index (χ3n) is 3.33. The van der Waals surface area contributed by atoms with Crippen LogP contribution in [0.15, 0.2) is 24.3 Å². The molecule has 2 rings (SSSR count). The molecule has 1 aromatic rings. The molecular weight excluding hydrogens is 200 g/mol. The largest absolute Gasteiger partial charge is 0.508 e. The summed E-state index contributed by atoms with van der Waals surface area (Å²) in [4.78, 5) is 2.45. The monoisotopic (exact) mass is 220 g/mol. The Labute approximate surface area is 96.9 Å². The van der Waals surface area contributed by atoms with Crippen LogP contribution < -0.4 is 5.73 Å². The van der Waals surface area contributed by atoms with E-state index in [1.165, 1.54) is 24.8 Å². The second-order valence-electron chi connectivity index (χ2n) is 4.51. The molecule has 16 heavy (non-hydrogen) atoms. The molecule has 3 N–H and O–H groups in total. The lowest BCUT2D eigenvalue weighted by Crippen LogP contribution is -2.42. The first-order chi connectivity index (χ1) is 7.79. The lowest BCUT2D eigenvalue weighted by atomic mass is 9.91. The van der Waals surface area contributed by atoms with Crippen molar-refractivity contribution in [2.75, 3.05) is 13.1 Å². The van der Waals surface area contributed by atoms with Gasteiger partial charge in [-0.1, -0.05) is 18.6 Å². The molecule has 0 atom stereocenters. The quantitative estimate of drug-likeness (QED) is 0.794. The molecule has 0 bridgehead atoms. The zero-order chi connectivity index (χ0) is 11.4. The number of nitrogens with two attached hydrogens (primary N) is 1. The molecular formula is C13H20N2O. The zero-order valence-electron chi connectivity index (χ0n) is 9.60. The second kappa shape index (κ2) is 5.32. The summed E-state index contributed by atoms with van der Waals surface area (Å²) in [5.41, 5.74) is 6.89. The maximum Gasteiger partial charge on any atom is 0.115 e. The summed E-state index contributed by atoms with van der Waals surface area (Å²) >= 11 is 0. The zero-order valence-corrected chi connectivity index (χ0v) is 9.60. The molecule has 0 saturated heterocycles. The smallest absolute Gasteiger partial charge is 0.115 e. The third kappa shape index (κ3) is 2.74. The number of benzene rings is 1. The van der Waals surface area contributed by atoms with Gasteiger partial charge in [-0.25, -0.2) is 0 Å². The molecule has 3 nitrogen and oxygen atoms in total. The highest BCUT2D eigenvalue weighted by molar-refractivity contribution is 5.25. The number of rotatable bonds is 5. The van der Waals surface area contributed by atoms with Crippen LogP contribution in [-0.4, -0.2) is 29.1 Å². The third-order valence-corrected chi connectivity index (χ3v) is 3.33. The average Bonchev–Trinajstić information content (AvgIpc) is 2.19. The molecule has 1 fully saturated rings. The summed E-state index contributed by atoms with van der Waals surface area (Å²) in [6.45, 7) is 2.63. The van der Waals surface area contributed by atoms with E-state index in [0.29, 0.717) is 12.3 Å². The number of phenolic OH excluding ortho intramolecular Hbond substituents is 1. The van der Waals surface area contributed by atoms with Gasteiger partial charge in [0.05, 0.1) is 0 Å². The van der Waals surface area contributed by atoms with Gasteiger partial charge in [0, 0.05) is 25.7 Å². The highest BCUT2D eigenvalue weighted by Crippen LogP contribution is 2.26. The van der Waals surface area contributed by atoms with E-state index in [2.05, 4.69) is 4.90 Å². The lowest BCUT2D eigenvalue weighted by Gasteiger charge is -2.37. The summed E-state index contributed by atoms with van der Waals surface area (Å²) < 4.78 is 0. The van der Waals surface area contributed by atoms with Gasteiger partial charge in [-0.2, -0.15) is 0 Å². The van der Waals surface area contributed by atoms with Crippen LogP contribution in [0.4, 0.5) is 0 Å². The first-order valence-corrected chi connectivity index (χ1v) is 6.01. The van der Waals surface area contributed by atoms with E-state index in [1.807, 2.05) is 12.1 Å². The molecule has 0 heterocycles. The van der Waals surface area contributed by atoms with Crippen LogP contribution >= 0.6 is 0 Å². The normalized spacial score (nSPS) is 16.4. The predicted molar refractivity (Wildman–Crippen MR) is 65.2 cm³/mol. The standard InChI is InChI=1S/C13H20N2O/c14-8-9-15(12-2-1-3-12)10-11-4-6-13(16)7-5-11/h4-7,12,16H,1-3,8-10,14H2. The molecule has 1 aliphatic carbocycles. The van der Waals surface area contributed by atoms with Gasteiger partial charge >= 0.3 is 0 Å². The number of hydrogen-bond donors (Lipinski definition) is 2. The maximum atomic E-state index is 9.23. The Morgan fingerprint density at radius 2 is 1.94 bits per heavy atom. The van der Waals surface area contributed by atoms with Gasteiger partial charge < -0.3 is 10.8 Å². The molecule has 3 heteroatoms. The van der Waals surface area contributed by atoms with Crippen LogP contribution in [0.3, 0.4) is 0 Å². The van der Waals surface area contributed by atoms with Crippen molar-refractivity contribution in [3.63, 3.8) is 0 Å². The number of aromatic hydroxyl groups is 1. The van der Waals surface area contributed by atoms with Gasteiger partial charge in [0.15, 0.2) is 0 Å². The number of nitrogens with zero attached hydrogens (tertiary/aromatic N) is 1. The van der Waals surface area contributed by atoms with Crippen molar-refractivity contribution < 1.29 is 5.11 Å². The summed E-state index contributed by atoms with van der Waals surface area (Å²) in [7, 11) is 0. The fourth-order valence-corrected chi connectivity index (χ4v) is 2.14. The van der Waals surface area contributed by atoms with Gasteiger partial charge in [-0.3, -0.25) is 4.90 Å². The van der Waals surface area contributed by atoms with E-state index in [1.54, 1.807) is 12.1 Å². The first-order valence-electron chi connectivity index (χ1n) is 6.01. The molecule has 0 unspecified atom stereocenters. The fraction of sp³-hybridized carbons (Fsp3) is 0.538. The summed E-state index contributed by atoms with van der Waals surface area (Å²) in [5, 5.41) is 9.23. The van der Waals surface area contributed by atoms with Crippen LogP contribution in [0.25, 0.3) is 0 Å². The van der Waals surface area contributed by atoms with Crippen molar-refractivity contribution in [3.8, 4) is 5.75 Å². The molecule has 1 aliphatic rings. The Hall–Kier alpha value is -1.06. The van der Waals surface area contributed by atoms with Gasteiger partial charge in [-0.15, -0.1) is 0 Å². The summed E-state index contributed by atoms with van der Waals surface area (Å²) in [5.74, 6) is 0.331. The van der Waals surface area contributed by atoms with Crippen LogP contribution in [0.2, 0.25) is 0 Å². The van der Waals surface area contributed by atoms with Crippen molar-refractivity contribution in [3.05, 3.63) is 29.8 Å². The van der Waals surface area contributed by atoms with Crippen molar-refractivity contribution in [1.29, 1.82) is 0 Å². The molecule has 88 valence electrons. The molecule has 1 saturated carbocycles. The Kier molecular flexibility index (Phi) is 3.80. The van der Waals surface area contributed by atoms with Crippen LogP contribution in [0.5, 0.6) is 5.75 Å². The van der Waals surface area contributed by atoms with E-state index < -0.39 is 0 Å². The minimum Gasteiger partial charge on any atom is -0.508 e. The summed E-state index contributed by atoms with van der Waals surface area (Å²) in [6, 6.07) is 8.18. The number of phenols is 1. The van der Waals surface area contributed by atoms with Crippen molar-refractivity contribution in [2.45, 2.75) is 31.8 Å². The minimum atomic E-state index is 0.331. The molecule has 1 aromatic carbocycles. The van der Waals surface area contributed by atoms with Gasteiger partial charge in [-0.05, 0) is 30.5 Å². The van der Waals surface area contributed by atoms with Gasteiger partial charge in [0.25, 0.3) is 0 Å². The van der Waals surface area contributed by atoms with Crippen LogP contribution in [0, 0.1) is 0 Å². The molecule has 0 spiro atoms. The summed E-state index contributed by atoms with van der Waals surface area (Å²) in [6.07, 6.45) is 3.96. The van der Waals surface area contributed by atoms with E-state index in [0.717, 1.165) is 19.1 Å². The van der Waals surface area contributed by atoms with E-state index in [9.17, 15) is 5.11 Å². The average molecular weight is 220 g/mol. The first kappa shape index (κ1) is 11.4. The van der Waals surface area contributed by atoms with Gasteiger partial charge in [0.2, 0.25) is 0 Å². The lowest BCUT2D eigenvalue weighted by molar-refractivity contribution is 0.123. The molecule has 0 radical (unpaired) electrons. The van der Waals surface area contributed by atoms with E-state index in [4.69, 9.17) is 5.73 Å². The Morgan fingerprint density at radius 3 is 2.44 bits per heavy atom. The Bertz CT molecular complexity index is 319. The maximum absolute atomic E-state index is 9.23. The fourth-order valence-electron chi connectivity index (χ4n) is 2.14. The van der Waals surface area contributed by atoms with Crippen molar-refractivity contribution in [2.24, 2.45) is 5.73 Å². The second-order valence-corrected chi connectivity index (χ2v) is 4.51. The van der Waals surface area contributed by atoms with Crippen LogP contribution in [0.1, 0.15) is 24.8 Å². The molecule has 0 amide bonds. The van der Waals surface area contributed by atoms with Crippen molar-refractivity contribution in [1.82, 2.24) is 4.90 Å².